The molecule has 0 fully saturated rings. The molecule has 0 saturated carbocycles. The summed E-state index contributed by atoms with van der Waals surface area (Å²) >= 11 is 0. The van der Waals surface area contributed by atoms with Crippen LogP contribution in [-0.2, 0) is 0 Å². The standard InChI is InChI=1S/C13H17N5O2/c1-4-8-19-12-16-11(14-3)17-13(18-12)20-10-6-5-7-15-9(10)2/h5-7H,4,8H2,1-3H3,(H,14,16,17,18). The summed E-state index contributed by atoms with van der Waals surface area (Å²) < 4.78 is 11.0. The molecule has 0 unspecified atom stereocenters. The van der Waals surface area contributed by atoms with Crippen molar-refractivity contribution in [2.45, 2.75) is 20.3 Å². The first-order valence-corrected chi connectivity index (χ1v) is 6.39. The van der Waals surface area contributed by atoms with Gasteiger partial charge in [-0.2, -0.15) is 9.97 Å². The number of aromatic nitrogens is 4. The quantitative estimate of drug-likeness (QED) is 0.865. The molecular weight excluding hydrogens is 258 g/mol. The minimum Gasteiger partial charge on any atom is -0.463 e. The number of ether oxygens (including phenoxy) is 2. The van der Waals surface area contributed by atoms with Crippen LogP contribution in [0.4, 0.5) is 5.95 Å². The first kappa shape index (κ1) is 14.0. The summed E-state index contributed by atoms with van der Waals surface area (Å²) in [5.74, 6) is 0.991. The van der Waals surface area contributed by atoms with Gasteiger partial charge in [-0.1, -0.05) is 6.92 Å². The van der Waals surface area contributed by atoms with E-state index in [1.165, 1.54) is 0 Å². The van der Waals surface area contributed by atoms with Crippen LogP contribution in [0.5, 0.6) is 17.8 Å². The molecule has 2 aromatic rings. The first-order valence-electron chi connectivity index (χ1n) is 6.39. The molecular formula is C13H17N5O2. The molecule has 0 saturated heterocycles. The van der Waals surface area contributed by atoms with Gasteiger partial charge in [0.15, 0.2) is 5.75 Å². The number of hydrogen-bond donors (Lipinski definition) is 1. The van der Waals surface area contributed by atoms with Crippen molar-refractivity contribution in [3.8, 4) is 17.8 Å². The van der Waals surface area contributed by atoms with Crippen molar-refractivity contribution in [1.29, 1.82) is 0 Å². The van der Waals surface area contributed by atoms with Crippen LogP contribution < -0.4 is 14.8 Å². The Kier molecular flexibility index (Phi) is 4.65. The number of aryl methyl sites for hydroxylation is 1. The monoisotopic (exact) mass is 275 g/mol. The van der Waals surface area contributed by atoms with Crippen LogP contribution >= 0.6 is 0 Å². The van der Waals surface area contributed by atoms with Gasteiger partial charge in [-0.25, -0.2) is 0 Å². The molecule has 1 N–H and O–H groups in total. The number of nitrogens with zero attached hydrogens (tertiary/aromatic N) is 4. The maximum atomic E-state index is 5.63. The van der Waals surface area contributed by atoms with Crippen molar-refractivity contribution in [3.05, 3.63) is 24.0 Å². The van der Waals surface area contributed by atoms with Crippen molar-refractivity contribution in [2.75, 3.05) is 19.0 Å². The highest BCUT2D eigenvalue weighted by Crippen LogP contribution is 2.22. The van der Waals surface area contributed by atoms with Gasteiger partial charge in [0, 0.05) is 13.2 Å². The van der Waals surface area contributed by atoms with E-state index >= 15 is 0 Å². The fourth-order valence-corrected chi connectivity index (χ4v) is 1.43. The van der Waals surface area contributed by atoms with E-state index in [9.17, 15) is 0 Å². The maximum Gasteiger partial charge on any atom is 0.330 e. The fourth-order valence-electron chi connectivity index (χ4n) is 1.43. The molecule has 0 atom stereocenters. The van der Waals surface area contributed by atoms with Crippen molar-refractivity contribution >= 4 is 5.95 Å². The Morgan fingerprint density at radius 1 is 1.20 bits per heavy atom. The Morgan fingerprint density at radius 2 is 2.00 bits per heavy atom. The van der Waals surface area contributed by atoms with Crippen LogP contribution in [0.3, 0.4) is 0 Å². The third kappa shape index (κ3) is 3.53. The lowest BCUT2D eigenvalue weighted by Gasteiger charge is -2.09. The van der Waals surface area contributed by atoms with E-state index in [1.54, 1.807) is 25.4 Å². The first-order chi connectivity index (χ1) is 9.72. The van der Waals surface area contributed by atoms with Gasteiger partial charge in [-0.05, 0) is 25.5 Å². The van der Waals surface area contributed by atoms with Gasteiger partial charge in [0.05, 0.1) is 12.3 Å². The largest absolute Gasteiger partial charge is 0.463 e. The smallest absolute Gasteiger partial charge is 0.330 e. The predicted molar refractivity (Wildman–Crippen MR) is 74.2 cm³/mol. The Hall–Kier alpha value is -2.44. The second-order valence-corrected chi connectivity index (χ2v) is 4.01. The number of nitrogens with one attached hydrogen (secondary N) is 1. The van der Waals surface area contributed by atoms with Crippen LogP contribution in [0, 0.1) is 6.92 Å². The molecule has 0 spiro atoms. The van der Waals surface area contributed by atoms with Crippen LogP contribution in [0.1, 0.15) is 19.0 Å². The van der Waals surface area contributed by atoms with Crippen molar-refractivity contribution < 1.29 is 9.47 Å². The highest BCUT2D eigenvalue weighted by atomic mass is 16.5. The van der Waals surface area contributed by atoms with E-state index in [2.05, 4.69) is 25.3 Å². The normalized spacial score (nSPS) is 10.2. The zero-order valence-corrected chi connectivity index (χ0v) is 11.8. The molecule has 0 aromatic carbocycles. The highest BCUT2D eigenvalue weighted by Gasteiger charge is 2.10. The van der Waals surface area contributed by atoms with Crippen LogP contribution in [0.2, 0.25) is 0 Å². The SMILES string of the molecule is CCCOc1nc(NC)nc(Oc2cccnc2C)n1. The lowest BCUT2D eigenvalue weighted by molar-refractivity contribution is 0.285. The number of rotatable bonds is 6. The second kappa shape index (κ2) is 6.65. The zero-order chi connectivity index (χ0) is 14.4. The van der Waals surface area contributed by atoms with E-state index in [4.69, 9.17) is 9.47 Å². The molecule has 2 aromatic heterocycles. The van der Waals surface area contributed by atoms with Gasteiger partial charge in [-0.3, -0.25) is 4.98 Å². The maximum absolute atomic E-state index is 5.63. The lowest BCUT2D eigenvalue weighted by Crippen LogP contribution is -2.06. The minimum atomic E-state index is 0.173. The Balaban J connectivity index is 2.24. The second-order valence-electron chi connectivity index (χ2n) is 4.01. The van der Waals surface area contributed by atoms with E-state index in [0.717, 1.165) is 12.1 Å². The van der Waals surface area contributed by atoms with Crippen LogP contribution in [0.15, 0.2) is 18.3 Å². The summed E-state index contributed by atoms with van der Waals surface area (Å²) in [6.07, 6.45) is 2.57. The van der Waals surface area contributed by atoms with Gasteiger partial charge in [0.1, 0.15) is 0 Å². The fraction of sp³-hybridized carbons (Fsp3) is 0.385. The average Bonchev–Trinajstić information content (AvgIpc) is 2.47. The molecule has 0 aliphatic rings. The summed E-state index contributed by atoms with van der Waals surface area (Å²) in [6, 6.07) is 4.00. The average molecular weight is 275 g/mol. The van der Waals surface area contributed by atoms with Gasteiger partial charge in [0.25, 0.3) is 0 Å². The van der Waals surface area contributed by atoms with E-state index in [0.29, 0.717) is 18.3 Å². The van der Waals surface area contributed by atoms with Crippen LogP contribution in [-0.4, -0.2) is 33.6 Å². The Morgan fingerprint density at radius 3 is 2.70 bits per heavy atom. The topological polar surface area (TPSA) is 82.0 Å². The van der Waals surface area contributed by atoms with Crippen molar-refractivity contribution in [1.82, 2.24) is 19.9 Å². The molecule has 20 heavy (non-hydrogen) atoms. The van der Waals surface area contributed by atoms with Gasteiger partial charge in [-0.15, -0.1) is 4.98 Å². The molecule has 0 aliphatic carbocycles. The highest BCUT2D eigenvalue weighted by molar-refractivity contribution is 5.31. The summed E-state index contributed by atoms with van der Waals surface area (Å²) in [5, 5.41) is 2.85. The minimum absolute atomic E-state index is 0.173. The molecule has 0 aliphatic heterocycles. The third-order valence-electron chi connectivity index (χ3n) is 2.41. The molecule has 2 rings (SSSR count). The molecule has 7 nitrogen and oxygen atoms in total. The summed E-state index contributed by atoms with van der Waals surface area (Å²) in [4.78, 5) is 16.5. The molecule has 106 valence electrons. The summed E-state index contributed by atoms with van der Waals surface area (Å²) in [5.41, 5.74) is 0.759. The molecule has 2 heterocycles. The van der Waals surface area contributed by atoms with Crippen molar-refractivity contribution in [2.24, 2.45) is 0 Å². The number of hydrogen-bond acceptors (Lipinski definition) is 7. The summed E-state index contributed by atoms with van der Waals surface area (Å²) in [7, 11) is 1.72. The third-order valence-corrected chi connectivity index (χ3v) is 2.41. The predicted octanol–water partition coefficient (Wildman–Crippen LogP) is 2.20. The van der Waals surface area contributed by atoms with E-state index < -0.39 is 0 Å². The molecule has 0 amide bonds. The van der Waals surface area contributed by atoms with E-state index in [1.807, 2.05) is 13.8 Å². The summed E-state index contributed by atoms with van der Waals surface area (Å²) in [6.45, 7) is 4.40. The molecule has 0 bridgehead atoms. The number of anilines is 1. The number of pyridine rings is 1. The lowest BCUT2D eigenvalue weighted by atomic mass is 10.3. The van der Waals surface area contributed by atoms with Crippen molar-refractivity contribution in [3.63, 3.8) is 0 Å². The van der Waals surface area contributed by atoms with Gasteiger partial charge >= 0.3 is 12.0 Å². The molecule has 7 heteroatoms. The molecule has 0 radical (unpaired) electrons. The van der Waals surface area contributed by atoms with Crippen LogP contribution in [0.25, 0.3) is 0 Å². The zero-order valence-electron chi connectivity index (χ0n) is 11.8. The van der Waals surface area contributed by atoms with Gasteiger partial charge in [0.2, 0.25) is 5.95 Å². The van der Waals surface area contributed by atoms with Gasteiger partial charge < -0.3 is 14.8 Å². The van der Waals surface area contributed by atoms with E-state index in [-0.39, 0.29) is 12.0 Å². The Bertz CT molecular complexity index is 576. The Labute approximate surface area is 117 Å².